The van der Waals surface area contributed by atoms with Gasteiger partial charge in [0.15, 0.2) is 0 Å². The Morgan fingerprint density at radius 2 is 1.07 bits per heavy atom. The fourth-order valence-corrected chi connectivity index (χ4v) is 4.11. The van der Waals surface area contributed by atoms with Crippen LogP contribution in [0.4, 0.5) is 0 Å². The fraction of sp³-hybridized carbons (Fsp3) is 0.0909. The van der Waals surface area contributed by atoms with Gasteiger partial charge in [0.1, 0.15) is 0 Å². The van der Waals surface area contributed by atoms with Crippen molar-refractivity contribution in [1.82, 2.24) is 9.97 Å². The first-order valence-electron chi connectivity index (χ1n) is 8.86. The summed E-state index contributed by atoms with van der Waals surface area (Å²) in [7, 11) is 0. The molecule has 6 heteroatoms. The van der Waals surface area contributed by atoms with E-state index in [0.717, 1.165) is 0 Å². The Morgan fingerprint density at radius 3 is 1.46 bits per heavy atom. The molecule has 2 heterocycles. The van der Waals surface area contributed by atoms with Gasteiger partial charge >= 0.3 is 11.9 Å². The molecule has 0 bridgehead atoms. The third-order valence-electron chi connectivity index (χ3n) is 5.21. The first kappa shape index (κ1) is 16.4. The largest absolute Gasteiger partial charge is 0.478 e. The van der Waals surface area contributed by atoms with Gasteiger partial charge in [-0.3, -0.25) is 9.97 Å². The molecule has 0 fully saturated rings. The van der Waals surface area contributed by atoms with Crippen LogP contribution in [0.15, 0.2) is 48.5 Å². The molecule has 2 aromatic carbocycles. The third kappa shape index (κ3) is 2.21. The Kier molecular flexibility index (Phi) is 3.42. The molecule has 1 aliphatic rings. The topological polar surface area (TPSA) is 100 Å². The van der Waals surface area contributed by atoms with Gasteiger partial charge in [-0.05, 0) is 25.0 Å². The number of nitrogens with zero attached hydrogens (tertiary/aromatic N) is 2. The number of hydrogen-bond acceptors (Lipinski definition) is 4. The lowest BCUT2D eigenvalue weighted by atomic mass is 9.83. The second-order valence-corrected chi connectivity index (χ2v) is 6.76. The van der Waals surface area contributed by atoms with Gasteiger partial charge in [-0.2, -0.15) is 0 Å². The zero-order valence-corrected chi connectivity index (χ0v) is 14.6. The molecule has 1 aliphatic carbocycles. The molecule has 0 aliphatic heterocycles. The lowest BCUT2D eigenvalue weighted by Gasteiger charge is -2.24. The number of aryl methyl sites for hydroxylation is 2. The van der Waals surface area contributed by atoms with Crippen LogP contribution >= 0.6 is 0 Å². The number of carbonyl (C=O) groups is 2. The van der Waals surface area contributed by atoms with Gasteiger partial charge in [0.2, 0.25) is 0 Å². The fourth-order valence-electron chi connectivity index (χ4n) is 4.11. The van der Waals surface area contributed by atoms with Crippen LogP contribution in [0.25, 0.3) is 32.9 Å². The highest BCUT2D eigenvalue weighted by Gasteiger charge is 2.31. The van der Waals surface area contributed by atoms with Crippen LogP contribution in [0, 0.1) is 0 Å². The van der Waals surface area contributed by atoms with Crippen LogP contribution in [-0.4, -0.2) is 32.1 Å². The van der Waals surface area contributed by atoms with Crippen LogP contribution < -0.4 is 0 Å². The van der Waals surface area contributed by atoms with Crippen molar-refractivity contribution in [2.45, 2.75) is 12.8 Å². The second kappa shape index (κ2) is 5.85. The molecule has 0 unspecified atom stereocenters. The van der Waals surface area contributed by atoms with Crippen LogP contribution in [0.5, 0.6) is 0 Å². The number of fused-ring (bicyclic) bond motifs is 5. The number of para-hydroxylation sites is 2. The molecule has 6 nitrogen and oxygen atoms in total. The van der Waals surface area contributed by atoms with Crippen molar-refractivity contribution in [3.8, 4) is 11.1 Å². The van der Waals surface area contributed by atoms with Crippen molar-refractivity contribution in [2.75, 3.05) is 0 Å². The molecule has 0 spiro atoms. The SMILES string of the molecule is O=C(O)c1c2c(nc3ccccc13)CCc1nc3ccccc3c(C(=O)O)c1-2. The highest BCUT2D eigenvalue weighted by molar-refractivity contribution is 6.15. The maximum absolute atomic E-state index is 12.2. The van der Waals surface area contributed by atoms with Crippen molar-refractivity contribution in [3.63, 3.8) is 0 Å². The molecule has 2 aromatic heterocycles. The molecule has 136 valence electrons. The maximum atomic E-state index is 12.2. The molecular weight excluding hydrogens is 356 g/mol. The quantitative estimate of drug-likeness (QED) is 0.554. The van der Waals surface area contributed by atoms with Crippen molar-refractivity contribution < 1.29 is 19.8 Å². The molecule has 0 atom stereocenters. The van der Waals surface area contributed by atoms with Gasteiger partial charge in [0.25, 0.3) is 0 Å². The lowest BCUT2D eigenvalue weighted by Crippen LogP contribution is -2.17. The summed E-state index contributed by atoms with van der Waals surface area (Å²) in [5.74, 6) is -2.21. The molecule has 0 saturated heterocycles. The number of pyridine rings is 2. The number of carboxylic acid groups (broad SMARTS) is 2. The van der Waals surface area contributed by atoms with Crippen LogP contribution in [0.1, 0.15) is 32.1 Å². The van der Waals surface area contributed by atoms with Gasteiger partial charge in [-0.15, -0.1) is 0 Å². The van der Waals surface area contributed by atoms with Gasteiger partial charge < -0.3 is 10.2 Å². The second-order valence-electron chi connectivity index (χ2n) is 6.76. The van der Waals surface area contributed by atoms with E-state index in [2.05, 4.69) is 9.97 Å². The summed E-state index contributed by atoms with van der Waals surface area (Å²) >= 11 is 0. The van der Waals surface area contributed by atoms with Crippen molar-refractivity contribution in [1.29, 1.82) is 0 Å². The maximum Gasteiger partial charge on any atom is 0.337 e. The van der Waals surface area contributed by atoms with Crippen molar-refractivity contribution >= 4 is 33.7 Å². The van der Waals surface area contributed by atoms with E-state index in [1.54, 1.807) is 36.4 Å². The zero-order chi connectivity index (χ0) is 19.4. The van der Waals surface area contributed by atoms with E-state index in [-0.39, 0.29) is 11.1 Å². The average Bonchev–Trinajstić information content (AvgIpc) is 2.69. The molecule has 4 aromatic rings. The molecule has 0 saturated carbocycles. The number of benzene rings is 2. The minimum absolute atomic E-state index is 0.0844. The van der Waals surface area contributed by atoms with E-state index in [4.69, 9.17) is 0 Å². The van der Waals surface area contributed by atoms with Gasteiger partial charge in [-0.25, -0.2) is 9.59 Å². The minimum Gasteiger partial charge on any atom is -0.478 e. The summed E-state index contributed by atoms with van der Waals surface area (Å²) in [5.41, 5.74) is 3.31. The Balaban J connectivity index is 2.01. The van der Waals surface area contributed by atoms with E-state index in [0.29, 0.717) is 57.2 Å². The van der Waals surface area contributed by atoms with Gasteiger partial charge in [-0.1, -0.05) is 36.4 Å². The number of rotatable bonds is 2. The van der Waals surface area contributed by atoms with Crippen LogP contribution in [0.3, 0.4) is 0 Å². The van der Waals surface area contributed by atoms with E-state index in [1.165, 1.54) is 0 Å². The zero-order valence-electron chi connectivity index (χ0n) is 14.6. The molecular formula is C22H14N2O4. The minimum atomic E-state index is -1.10. The molecule has 5 rings (SSSR count). The van der Waals surface area contributed by atoms with Gasteiger partial charge in [0, 0.05) is 21.9 Å². The summed E-state index contributed by atoms with van der Waals surface area (Å²) < 4.78 is 0. The smallest absolute Gasteiger partial charge is 0.337 e. The number of aromatic nitrogens is 2. The predicted molar refractivity (Wildman–Crippen MR) is 104 cm³/mol. The highest BCUT2D eigenvalue weighted by Crippen LogP contribution is 2.41. The Bertz CT molecular complexity index is 1220. The lowest BCUT2D eigenvalue weighted by molar-refractivity contribution is 0.0686. The Morgan fingerprint density at radius 1 is 0.679 bits per heavy atom. The summed E-state index contributed by atoms with van der Waals surface area (Å²) in [4.78, 5) is 33.8. The van der Waals surface area contributed by atoms with E-state index >= 15 is 0 Å². The average molecular weight is 370 g/mol. The van der Waals surface area contributed by atoms with Crippen LogP contribution in [-0.2, 0) is 12.8 Å². The standard InChI is InChI=1S/C22H14N2O4/c25-21(26)17-11-5-1-3-7-13(11)23-15-9-10-16-20(19(15)17)18(22(27)28)12-6-2-4-8-14(12)24-16/h1-8H,9-10H2,(H,25,26)(H,27,28). The molecule has 0 radical (unpaired) electrons. The summed E-state index contributed by atoms with van der Waals surface area (Å²) in [6.45, 7) is 0. The summed E-state index contributed by atoms with van der Waals surface area (Å²) in [6, 6.07) is 14.1. The first-order chi connectivity index (χ1) is 13.6. The number of aromatic carboxylic acids is 2. The molecule has 2 N–H and O–H groups in total. The first-order valence-corrected chi connectivity index (χ1v) is 8.86. The normalized spacial score (nSPS) is 12.6. The number of hydrogen-bond donors (Lipinski definition) is 2. The van der Waals surface area contributed by atoms with Crippen molar-refractivity contribution in [3.05, 3.63) is 71.0 Å². The summed E-state index contributed by atoms with van der Waals surface area (Å²) in [5, 5.41) is 21.0. The van der Waals surface area contributed by atoms with E-state index < -0.39 is 11.9 Å². The van der Waals surface area contributed by atoms with Gasteiger partial charge in [0.05, 0.1) is 33.5 Å². The Hall–Kier alpha value is -3.80. The highest BCUT2D eigenvalue weighted by atomic mass is 16.4. The van der Waals surface area contributed by atoms with Crippen LogP contribution in [0.2, 0.25) is 0 Å². The monoisotopic (exact) mass is 370 g/mol. The van der Waals surface area contributed by atoms with Crippen molar-refractivity contribution in [2.24, 2.45) is 0 Å². The van der Waals surface area contributed by atoms with E-state index in [9.17, 15) is 19.8 Å². The summed E-state index contributed by atoms with van der Waals surface area (Å²) in [6.07, 6.45) is 1.02. The molecule has 0 amide bonds. The number of carboxylic acids is 2. The molecule has 28 heavy (non-hydrogen) atoms. The van der Waals surface area contributed by atoms with E-state index in [1.807, 2.05) is 12.1 Å². The third-order valence-corrected chi connectivity index (χ3v) is 5.21. The predicted octanol–water partition coefficient (Wildman–Crippen LogP) is 3.95. The Labute approximate surface area is 159 Å².